The highest BCUT2D eigenvalue weighted by molar-refractivity contribution is 7.91. The molecule has 55 heavy (non-hydrogen) atoms. The molecule has 1 unspecified atom stereocenters. The van der Waals surface area contributed by atoms with Gasteiger partial charge in [0.05, 0.1) is 31.6 Å². The predicted octanol–water partition coefficient (Wildman–Crippen LogP) is 4.27. The lowest BCUT2D eigenvalue weighted by Crippen LogP contribution is -2.60. The number of sulfonamides is 1. The van der Waals surface area contributed by atoms with Crippen LogP contribution in [0, 0.1) is 11.3 Å². The van der Waals surface area contributed by atoms with Crippen molar-refractivity contribution in [1.29, 1.82) is 0 Å². The molecular formula is C39H57N5O10S. The molecule has 2 aliphatic carbocycles. The maximum Gasteiger partial charge on any atom is 0.410 e. The summed E-state index contributed by atoms with van der Waals surface area (Å²) in [6.07, 6.45) is 5.98. The average Bonchev–Trinajstić information content (AvgIpc) is 4.02. The minimum Gasteiger partial charge on any atom is -0.493 e. The fourth-order valence-electron chi connectivity index (χ4n) is 7.95. The maximum atomic E-state index is 14.5. The number of fused-ring (bicyclic) bond motifs is 3. The highest BCUT2D eigenvalue weighted by Crippen LogP contribution is 2.47. The van der Waals surface area contributed by atoms with E-state index in [0.29, 0.717) is 38.8 Å². The van der Waals surface area contributed by atoms with Crippen molar-refractivity contribution in [2.24, 2.45) is 11.3 Å². The van der Waals surface area contributed by atoms with Crippen LogP contribution in [0.25, 0.3) is 0 Å². The van der Waals surface area contributed by atoms with Crippen molar-refractivity contribution in [3.05, 3.63) is 29.3 Å². The van der Waals surface area contributed by atoms with Crippen LogP contribution >= 0.6 is 0 Å². The van der Waals surface area contributed by atoms with Crippen molar-refractivity contribution in [3.63, 3.8) is 0 Å². The molecule has 15 nitrogen and oxygen atoms in total. The Balaban J connectivity index is 1.24. The van der Waals surface area contributed by atoms with Gasteiger partial charge in [0.2, 0.25) is 21.8 Å². The molecule has 4 bridgehead atoms. The Hall–Kier alpha value is -4.08. The van der Waals surface area contributed by atoms with Gasteiger partial charge in [0.15, 0.2) is 0 Å². The quantitative estimate of drug-likeness (QED) is 0.376. The van der Waals surface area contributed by atoms with E-state index < -0.39 is 74.3 Å². The predicted molar refractivity (Wildman–Crippen MR) is 201 cm³/mol. The number of hydrogen-bond donors (Lipinski definition) is 3. The first-order valence-electron chi connectivity index (χ1n) is 19.9. The molecule has 3 heterocycles. The molecule has 1 aromatic carbocycles. The lowest BCUT2D eigenvalue weighted by Gasteiger charge is -2.35. The van der Waals surface area contributed by atoms with E-state index in [0.717, 1.165) is 55.4 Å². The molecule has 5 aliphatic rings. The van der Waals surface area contributed by atoms with Gasteiger partial charge >= 0.3 is 12.2 Å². The third kappa shape index (κ3) is 9.49. The molecule has 5 amide bonds. The van der Waals surface area contributed by atoms with Gasteiger partial charge in [0.1, 0.15) is 29.5 Å². The van der Waals surface area contributed by atoms with Crippen LogP contribution < -0.4 is 20.1 Å². The van der Waals surface area contributed by atoms with Crippen LogP contribution in [-0.4, -0.2) is 96.9 Å². The van der Waals surface area contributed by atoms with Crippen molar-refractivity contribution in [3.8, 4) is 5.75 Å². The summed E-state index contributed by atoms with van der Waals surface area (Å²) in [7, 11) is -3.88. The first-order valence-corrected chi connectivity index (χ1v) is 21.5. The van der Waals surface area contributed by atoms with Crippen LogP contribution in [0.1, 0.15) is 116 Å². The Labute approximate surface area is 324 Å². The van der Waals surface area contributed by atoms with E-state index in [1.54, 1.807) is 25.7 Å². The van der Waals surface area contributed by atoms with Gasteiger partial charge in [-0.25, -0.2) is 18.0 Å². The van der Waals surface area contributed by atoms with Gasteiger partial charge in [-0.1, -0.05) is 78.4 Å². The van der Waals surface area contributed by atoms with Gasteiger partial charge in [0, 0.05) is 18.5 Å². The van der Waals surface area contributed by atoms with Gasteiger partial charge < -0.3 is 29.7 Å². The topological polar surface area (TPSA) is 190 Å². The number of hydrogen-bond acceptors (Lipinski definition) is 10. The van der Waals surface area contributed by atoms with Crippen LogP contribution in [-0.2, 0) is 47.0 Å². The second-order valence-electron chi connectivity index (χ2n) is 16.8. The SMILES string of the molecule is CC[C@H]1C[C@@]1(NC(=O)[C@@H]1CC2CN1C(=O)[C@H](C(C)(C)C)NC(=O)OCCCCCCCCCOc1cccc3c1CN(C3)C(=O)O2)C(=O)NS(=O)(=O)C1CC1. The molecule has 6 rings (SSSR count). The summed E-state index contributed by atoms with van der Waals surface area (Å²) < 4.78 is 45.2. The molecule has 16 heteroatoms. The number of carbonyl (C=O) groups excluding carboxylic acids is 5. The summed E-state index contributed by atoms with van der Waals surface area (Å²) in [6.45, 7) is 8.40. The van der Waals surface area contributed by atoms with Gasteiger partial charge in [-0.2, -0.15) is 0 Å². The highest BCUT2D eigenvalue weighted by atomic mass is 32.2. The molecule has 5 atom stereocenters. The van der Waals surface area contributed by atoms with E-state index in [9.17, 15) is 32.4 Å². The Morgan fingerprint density at radius 3 is 2.27 bits per heavy atom. The molecule has 3 aliphatic heterocycles. The lowest BCUT2D eigenvalue weighted by molar-refractivity contribution is -0.143. The van der Waals surface area contributed by atoms with E-state index in [4.69, 9.17) is 14.2 Å². The van der Waals surface area contributed by atoms with Gasteiger partial charge in [0.25, 0.3) is 5.91 Å². The van der Waals surface area contributed by atoms with Crippen LogP contribution in [0.4, 0.5) is 9.59 Å². The van der Waals surface area contributed by atoms with E-state index in [-0.39, 0.29) is 38.5 Å². The number of carbonyl (C=O) groups is 5. The van der Waals surface area contributed by atoms with Crippen LogP contribution in [0.15, 0.2) is 18.2 Å². The van der Waals surface area contributed by atoms with E-state index in [1.165, 1.54) is 4.90 Å². The number of alkyl carbamates (subject to hydrolysis) is 1. The third-order valence-corrected chi connectivity index (χ3v) is 13.3. The first kappa shape index (κ1) is 40.6. The summed E-state index contributed by atoms with van der Waals surface area (Å²) >= 11 is 0. The van der Waals surface area contributed by atoms with E-state index in [2.05, 4.69) is 15.4 Å². The van der Waals surface area contributed by atoms with Crippen molar-refractivity contribution in [1.82, 2.24) is 25.2 Å². The molecule has 0 aromatic heterocycles. The number of cyclic esters (lactones) is 1. The first-order chi connectivity index (χ1) is 26.1. The number of nitrogens with one attached hydrogen (secondary N) is 3. The third-order valence-electron chi connectivity index (χ3n) is 11.5. The van der Waals surface area contributed by atoms with Crippen molar-refractivity contribution >= 4 is 39.9 Å². The van der Waals surface area contributed by atoms with Crippen molar-refractivity contribution < 1.29 is 46.6 Å². The summed E-state index contributed by atoms with van der Waals surface area (Å²) in [5.74, 6) is -1.63. The molecule has 304 valence electrons. The molecule has 0 radical (unpaired) electrons. The molecule has 0 spiro atoms. The minimum atomic E-state index is -3.88. The average molecular weight is 788 g/mol. The van der Waals surface area contributed by atoms with Crippen molar-refractivity contribution in [2.45, 2.75) is 147 Å². The number of rotatable bonds is 6. The molecule has 2 saturated carbocycles. The monoisotopic (exact) mass is 787 g/mol. The van der Waals surface area contributed by atoms with Crippen LogP contribution in [0.2, 0.25) is 0 Å². The zero-order chi connectivity index (χ0) is 39.5. The Morgan fingerprint density at radius 2 is 1.64 bits per heavy atom. The van der Waals surface area contributed by atoms with E-state index >= 15 is 0 Å². The smallest absolute Gasteiger partial charge is 0.410 e. The van der Waals surface area contributed by atoms with E-state index in [1.807, 2.05) is 25.1 Å². The highest BCUT2D eigenvalue weighted by Gasteiger charge is 2.62. The zero-order valence-corrected chi connectivity index (χ0v) is 33.3. The standard InChI is InChI=1S/C39H57N5O10S/c1-5-26-21-39(26,35(47)42-55(50,51)28-16-17-28)41-33(45)30-20-27-23-44(30)34(46)32(38(2,3)4)40-36(48)53-19-12-10-8-6-7-9-11-18-52-31-15-13-14-25-22-43(24-29(25)31)37(49)54-27/h13-15,26-28,30,32H,5-12,16-24H2,1-4H3,(H,40,48)(H,41,45)(H,42,47)/t26-,27?,30-,32+,39-/m0/s1. The fourth-order valence-corrected chi connectivity index (χ4v) is 9.32. The second-order valence-corrected chi connectivity index (χ2v) is 18.8. The molecule has 1 aromatic rings. The molecular weight excluding hydrogens is 731 g/mol. The molecule has 3 fully saturated rings. The minimum absolute atomic E-state index is 0.0748. The van der Waals surface area contributed by atoms with Crippen LogP contribution in [0.5, 0.6) is 5.75 Å². The normalized spacial score (nSPS) is 28.5. The Morgan fingerprint density at radius 1 is 0.964 bits per heavy atom. The zero-order valence-electron chi connectivity index (χ0n) is 32.5. The number of ether oxygens (including phenoxy) is 3. The number of nitrogens with zero attached hydrogens (tertiary/aromatic N) is 2. The fraction of sp³-hybridized carbons (Fsp3) is 0.718. The molecule has 1 saturated heterocycles. The summed E-state index contributed by atoms with van der Waals surface area (Å²) in [5, 5.41) is 4.92. The summed E-state index contributed by atoms with van der Waals surface area (Å²) in [5.41, 5.74) is -0.417. The lowest BCUT2D eigenvalue weighted by atomic mass is 9.85. The van der Waals surface area contributed by atoms with Crippen LogP contribution in [0.3, 0.4) is 0 Å². The summed E-state index contributed by atoms with van der Waals surface area (Å²) in [6, 6.07) is 3.45. The second kappa shape index (κ2) is 16.6. The van der Waals surface area contributed by atoms with Crippen molar-refractivity contribution in [2.75, 3.05) is 19.8 Å². The van der Waals surface area contributed by atoms with Gasteiger partial charge in [-0.15, -0.1) is 0 Å². The Bertz CT molecular complexity index is 1740. The summed E-state index contributed by atoms with van der Waals surface area (Å²) in [4.78, 5) is 71.9. The number of benzene rings is 1. The largest absolute Gasteiger partial charge is 0.493 e. The van der Waals surface area contributed by atoms with Gasteiger partial charge in [-0.05, 0) is 55.1 Å². The molecule has 3 N–H and O–H groups in total. The Kier molecular flexibility index (Phi) is 12.2. The van der Waals surface area contributed by atoms with Gasteiger partial charge in [-0.3, -0.25) is 24.0 Å². The maximum absolute atomic E-state index is 14.5. The number of amides is 5.